The van der Waals surface area contributed by atoms with Gasteiger partial charge in [-0.15, -0.1) is 5.10 Å². The van der Waals surface area contributed by atoms with Crippen LogP contribution in [0.15, 0.2) is 12.3 Å². The van der Waals surface area contributed by atoms with Gasteiger partial charge in [-0.05, 0) is 19.5 Å². The highest BCUT2D eigenvalue weighted by molar-refractivity contribution is 5.46. The van der Waals surface area contributed by atoms with Crippen LogP contribution in [0.1, 0.15) is 19.4 Å². The number of aromatic nitrogens is 2. The Morgan fingerprint density at radius 1 is 1.47 bits per heavy atom. The van der Waals surface area contributed by atoms with Crippen LogP contribution >= 0.6 is 0 Å². The Kier molecular flexibility index (Phi) is 3.91. The summed E-state index contributed by atoms with van der Waals surface area (Å²) in [4.78, 5) is 4.78. The molecule has 1 unspecified atom stereocenters. The molecular formula is C12H21N5. The zero-order valence-corrected chi connectivity index (χ0v) is 10.6. The lowest BCUT2D eigenvalue weighted by Crippen LogP contribution is -2.52. The molecule has 2 N–H and O–H groups in total. The number of likely N-dealkylation sites (N-methyl/N-ethyl adjacent to an activating group) is 1. The Morgan fingerprint density at radius 2 is 2.29 bits per heavy atom. The summed E-state index contributed by atoms with van der Waals surface area (Å²) < 4.78 is 0. The van der Waals surface area contributed by atoms with Gasteiger partial charge in [-0.1, -0.05) is 6.92 Å². The Labute approximate surface area is 103 Å². The molecule has 2 rings (SSSR count). The lowest BCUT2D eigenvalue weighted by Gasteiger charge is -2.40. The highest BCUT2D eigenvalue weighted by Gasteiger charge is 2.24. The third-order valence-corrected chi connectivity index (χ3v) is 3.47. The van der Waals surface area contributed by atoms with Crippen molar-refractivity contribution in [3.05, 3.63) is 17.8 Å². The molecule has 1 saturated heterocycles. The average Bonchev–Trinajstić information content (AvgIpc) is 2.38. The molecular weight excluding hydrogens is 214 g/mol. The molecule has 0 saturated carbocycles. The molecule has 17 heavy (non-hydrogen) atoms. The first-order valence-electron chi connectivity index (χ1n) is 6.26. The van der Waals surface area contributed by atoms with Crippen LogP contribution in [0.5, 0.6) is 0 Å². The molecule has 1 aromatic rings. The summed E-state index contributed by atoms with van der Waals surface area (Å²) in [5, 5.41) is 8.21. The van der Waals surface area contributed by atoms with E-state index < -0.39 is 0 Å². The predicted octanol–water partition coefficient (Wildman–Crippen LogP) is 0.466. The van der Waals surface area contributed by atoms with Gasteiger partial charge in [-0.25, -0.2) is 0 Å². The molecule has 0 radical (unpaired) electrons. The zero-order chi connectivity index (χ0) is 12.3. The fourth-order valence-corrected chi connectivity index (χ4v) is 2.43. The molecule has 0 amide bonds. The van der Waals surface area contributed by atoms with Crippen LogP contribution in [0.4, 0.5) is 5.82 Å². The minimum atomic E-state index is 0.521. The van der Waals surface area contributed by atoms with Crippen molar-refractivity contribution < 1.29 is 0 Å². The van der Waals surface area contributed by atoms with Gasteiger partial charge in [-0.2, -0.15) is 5.10 Å². The van der Waals surface area contributed by atoms with E-state index in [0.717, 1.165) is 37.6 Å². The number of hydrogen-bond donors (Lipinski definition) is 1. The first-order chi connectivity index (χ1) is 8.26. The molecule has 1 aliphatic rings. The van der Waals surface area contributed by atoms with Gasteiger partial charge >= 0.3 is 0 Å². The second-order valence-electron chi connectivity index (χ2n) is 4.51. The molecule has 1 atom stereocenters. The lowest BCUT2D eigenvalue weighted by atomic mass is 10.1. The van der Waals surface area contributed by atoms with Gasteiger partial charge in [-0.3, -0.25) is 4.90 Å². The van der Waals surface area contributed by atoms with Gasteiger partial charge in [0.05, 0.1) is 6.20 Å². The Hall–Kier alpha value is -1.20. The van der Waals surface area contributed by atoms with Crippen molar-refractivity contribution in [2.75, 3.05) is 31.1 Å². The Balaban J connectivity index is 2.13. The minimum absolute atomic E-state index is 0.521. The fraction of sp³-hybridized carbons (Fsp3) is 0.667. The van der Waals surface area contributed by atoms with E-state index in [-0.39, 0.29) is 0 Å². The van der Waals surface area contributed by atoms with Crippen LogP contribution in [-0.2, 0) is 6.54 Å². The van der Waals surface area contributed by atoms with Crippen molar-refractivity contribution >= 4 is 5.82 Å². The van der Waals surface area contributed by atoms with Gasteiger partial charge in [0.25, 0.3) is 0 Å². The van der Waals surface area contributed by atoms with Gasteiger partial charge in [0, 0.05) is 37.8 Å². The highest BCUT2D eigenvalue weighted by atomic mass is 15.3. The highest BCUT2D eigenvalue weighted by Crippen LogP contribution is 2.19. The van der Waals surface area contributed by atoms with Crippen LogP contribution in [0.25, 0.3) is 0 Å². The van der Waals surface area contributed by atoms with E-state index in [1.54, 1.807) is 6.20 Å². The van der Waals surface area contributed by atoms with Crippen molar-refractivity contribution in [2.45, 2.75) is 26.4 Å². The van der Waals surface area contributed by atoms with E-state index in [0.29, 0.717) is 12.6 Å². The summed E-state index contributed by atoms with van der Waals surface area (Å²) in [5.74, 6) is 0.956. The van der Waals surface area contributed by atoms with E-state index in [1.807, 2.05) is 6.07 Å². The van der Waals surface area contributed by atoms with E-state index in [1.165, 1.54) is 0 Å². The number of anilines is 1. The van der Waals surface area contributed by atoms with Crippen LogP contribution in [0.3, 0.4) is 0 Å². The third-order valence-electron chi connectivity index (χ3n) is 3.47. The smallest absolute Gasteiger partial charge is 0.155 e. The third kappa shape index (κ3) is 2.56. The zero-order valence-electron chi connectivity index (χ0n) is 10.6. The van der Waals surface area contributed by atoms with Crippen molar-refractivity contribution in [1.29, 1.82) is 0 Å². The fourth-order valence-electron chi connectivity index (χ4n) is 2.43. The van der Waals surface area contributed by atoms with Crippen molar-refractivity contribution in [3.8, 4) is 0 Å². The number of nitrogens with two attached hydrogens (primary N) is 1. The van der Waals surface area contributed by atoms with E-state index in [2.05, 4.69) is 33.8 Å². The second kappa shape index (κ2) is 5.42. The van der Waals surface area contributed by atoms with E-state index in [9.17, 15) is 0 Å². The van der Waals surface area contributed by atoms with Crippen LogP contribution in [-0.4, -0.2) is 47.3 Å². The summed E-state index contributed by atoms with van der Waals surface area (Å²) in [6, 6.07) is 2.51. The maximum absolute atomic E-state index is 5.74. The molecule has 1 aromatic heterocycles. The molecule has 0 aliphatic carbocycles. The first kappa shape index (κ1) is 12.3. The lowest BCUT2D eigenvalue weighted by molar-refractivity contribution is 0.199. The number of rotatable bonds is 3. The van der Waals surface area contributed by atoms with Crippen molar-refractivity contribution in [3.63, 3.8) is 0 Å². The summed E-state index contributed by atoms with van der Waals surface area (Å²) in [6.45, 7) is 9.18. The molecule has 0 bridgehead atoms. The molecule has 0 spiro atoms. The normalized spacial score (nSPS) is 21.8. The van der Waals surface area contributed by atoms with E-state index in [4.69, 9.17) is 5.73 Å². The maximum Gasteiger partial charge on any atom is 0.155 e. The standard InChI is InChI=1S/C12H21N5/c1-3-16-6-7-17(9-10(16)2)12-11(8-13)4-5-14-15-12/h4-5,10H,3,6-9,13H2,1-2H3. The second-order valence-corrected chi connectivity index (χ2v) is 4.51. The molecule has 1 aliphatic heterocycles. The first-order valence-corrected chi connectivity index (χ1v) is 6.26. The van der Waals surface area contributed by atoms with Crippen molar-refractivity contribution in [1.82, 2.24) is 15.1 Å². The van der Waals surface area contributed by atoms with Crippen molar-refractivity contribution in [2.24, 2.45) is 5.73 Å². The molecule has 1 fully saturated rings. The molecule has 5 heteroatoms. The summed E-state index contributed by atoms with van der Waals surface area (Å²) in [5.41, 5.74) is 6.82. The number of hydrogen-bond acceptors (Lipinski definition) is 5. The van der Waals surface area contributed by atoms with E-state index >= 15 is 0 Å². The topological polar surface area (TPSA) is 58.3 Å². The minimum Gasteiger partial charge on any atom is -0.352 e. The van der Waals surface area contributed by atoms with Gasteiger partial charge in [0.2, 0.25) is 0 Å². The molecule has 5 nitrogen and oxygen atoms in total. The number of nitrogens with zero attached hydrogens (tertiary/aromatic N) is 4. The van der Waals surface area contributed by atoms with Crippen LogP contribution in [0.2, 0.25) is 0 Å². The SMILES string of the molecule is CCN1CCN(c2nnccc2CN)CC1C. The van der Waals surface area contributed by atoms with Gasteiger partial charge in [0.1, 0.15) is 0 Å². The molecule has 0 aromatic carbocycles. The summed E-state index contributed by atoms with van der Waals surface area (Å²) >= 11 is 0. The Morgan fingerprint density at radius 3 is 2.94 bits per heavy atom. The maximum atomic E-state index is 5.74. The van der Waals surface area contributed by atoms with Gasteiger partial charge < -0.3 is 10.6 Å². The number of piperazine rings is 1. The Bertz CT molecular complexity index is 368. The predicted molar refractivity (Wildman–Crippen MR) is 68.8 cm³/mol. The monoisotopic (exact) mass is 235 g/mol. The summed E-state index contributed by atoms with van der Waals surface area (Å²) in [7, 11) is 0. The average molecular weight is 235 g/mol. The molecule has 2 heterocycles. The molecule has 94 valence electrons. The summed E-state index contributed by atoms with van der Waals surface area (Å²) in [6.07, 6.45) is 1.71. The largest absolute Gasteiger partial charge is 0.352 e. The van der Waals surface area contributed by atoms with Crippen LogP contribution < -0.4 is 10.6 Å². The van der Waals surface area contributed by atoms with Crippen LogP contribution in [0, 0.1) is 0 Å². The quantitative estimate of drug-likeness (QED) is 0.825. The van der Waals surface area contributed by atoms with Gasteiger partial charge in [0.15, 0.2) is 5.82 Å².